The zero-order chi connectivity index (χ0) is 10.4. The fourth-order valence-electron chi connectivity index (χ4n) is 0.906. The van der Waals surface area contributed by atoms with Gasteiger partial charge in [-0.15, -0.1) is 0 Å². The second kappa shape index (κ2) is 5.53. The Morgan fingerprint density at radius 3 is 2.31 bits per heavy atom. The quantitative estimate of drug-likeness (QED) is 0.556. The Morgan fingerprint density at radius 1 is 1.46 bits per heavy atom. The van der Waals surface area contributed by atoms with E-state index in [2.05, 4.69) is 5.32 Å². The Hall–Kier alpha value is -1.10. The maximum absolute atomic E-state index is 10.6. The third-order valence-electron chi connectivity index (χ3n) is 1.65. The van der Waals surface area contributed by atoms with Crippen LogP contribution in [0.5, 0.6) is 0 Å². The number of carbonyl (C=O) groups is 2. The molecule has 0 radical (unpaired) electrons. The average Bonchev–Trinajstić information content (AvgIpc) is 2.02. The van der Waals surface area contributed by atoms with Gasteiger partial charge in [0, 0.05) is 13.3 Å². The van der Waals surface area contributed by atoms with Crippen LogP contribution in [0.25, 0.3) is 0 Å². The lowest BCUT2D eigenvalue weighted by Gasteiger charge is -2.15. The van der Waals surface area contributed by atoms with Gasteiger partial charge in [0.25, 0.3) is 0 Å². The number of hydrogen-bond donors (Lipinski definition) is 3. The molecule has 0 saturated heterocycles. The third-order valence-corrected chi connectivity index (χ3v) is 1.65. The smallest absolute Gasteiger partial charge is 0.326 e. The maximum atomic E-state index is 10.6. The van der Waals surface area contributed by atoms with Gasteiger partial charge in [0.2, 0.25) is 5.91 Å². The van der Waals surface area contributed by atoms with Crippen LogP contribution in [0, 0.1) is 0 Å². The monoisotopic (exact) mass is 189 g/mol. The molecular formula is C8H15NO4. The zero-order valence-corrected chi connectivity index (χ0v) is 7.78. The Kier molecular flexibility index (Phi) is 5.06. The number of aliphatic carboxylic acids is 1. The van der Waals surface area contributed by atoms with Gasteiger partial charge in [-0.3, -0.25) is 4.79 Å². The number of hydrogen-bond acceptors (Lipinski definition) is 3. The van der Waals surface area contributed by atoms with Crippen molar-refractivity contribution in [3.63, 3.8) is 0 Å². The second-order valence-electron chi connectivity index (χ2n) is 2.89. The molecule has 2 unspecified atom stereocenters. The largest absolute Gasteiger partial charge is 0.480 e. The van der Waals surface area contributed by atoms with Gasteiger partial charge >= 0.3 is 5.97 Å². The molecule has 2 atom stereocenters. The van der Waals surface area contributed by atoms with Crippen molar-refractivity contribution < 1.29 is 19.8 Å². The summed E-state index contributed by atoms with van der Waals surface area (Å²) in [7, 11) is 0. The van der Waals surface area contributed by atoms with E-state index in [4.69, 9.17) is 5.11 Å². The molecule has 0 saturated carbocycles. The highest BCUT2D eigenvalue weighted by atomic mass is 16.4. The van der Waals surface area contributed by atoms with Crippen LogP contribution in [0.15, 0.2) is 0 Å². The Bertz CT molecular complexity index is 193. The summed E-state index contributed by atoms with van der Waals surface area (Å²) < 4.78 is 0. The number of aliphatic hydroxyl groups excluding tert-OH is 1. The maximum Gasteiger partial charge on any atom is 0.326 e. The van der Waals surface area contributed by atoms with Crippen LogP contribution < -0.4 is 5.32 Å². The van der Waals surface area contributed by atoms with Crippen LogP contribution in [0.1, 0.15) is 26.7 Å². The fraction of sp³-hybridized carbons (Fsp3) is 0.750. The summed E-state index contributed by atoms with van der Waals surface area (Å²) in [5.74, 6) is -1.53. The van der Waals surface area contributed by atoms with Crippen molar-refractivity contribution in [2.24, 2.45) is 0 Å². The van der Waals surface area contributed by atoms with Gasteiger partial charge in [0.1, 0.15) is 6.04 Å². The first-order valence-corrected chi connectivity index (χ1v) is 4.15. The van der Waals surface area contributed by atoms with Crippen molar-refractivity contribution in [1.29, 1.82) is 0 Å². The van der Waals surface area contributed by atoms with Gasteiger partial charge in [-0.1, -0.05) is 6.92 Å². The molecule has 0 fully saturated rings. The van der Waals surface area contributed by atoms with E-state index in [1.807, 2.05) is 0 Å². The van der Waals surface area contributed by atoms with Gasteiger partial charge in [-0.25, -0.2) is 4.79 Å². The molecule has 5 heteroatoms. The minimum absolute atomic E-state index is 0.0470. The first-order chi connectivity index (χ1) is 5.97. The molecule has 0 aromatic heterocycles. The summed E-state index contributed by atoms with van der Waals surface area (Å²) in [6.45, 7) is 2.99. The number of carboxylic acids is 1. The summed E-state index contributed by atoms with van der Waals surface area (Å²) in [6.07, 6.45) is -0.164. The van der Waals surface area contributed by atoms with E-state index in [0.717, 1.165) is 0 Å². The van der Waals surface area contributed by atoms with Crippen LogP contribution in [0.3, 0.4) is 0 Å². The molecule has 76 valence electrons. The SMILES string of the molecule is CCC(O)CC(NC(C)=O)C(=O)O. The number of nitrogens with one attached hydrogen (secondary N) is 1. The summed E-state index contributed by atoms with van der Waals surface area (Å²) in [5.41, 5.74) is 0. The number of amides is 1. The summed E-state index contributed by atoms with van der Waals surface area (Å²) >= 11 is 0. The van der Waals surface area contributed by atoms with Crippen LogP contribution in [-0.4, -0.2) is 34.2 Å². The van der Waals surface area contributed by atoms with Crippen LogP contribution in [0.4, 0.5) is 0 Å². The standard InChI is InChI=1S/C8H15NO4/c1-3-6(11)4-7(8(12)13)9-5(2)10/h6-7,11H,3-4H2,1-2H3,(H,9,10)(H,12,13). The van der Waals surface area contributed by atoms with E-state index in [9.17, 15) is 14.7 Å². The molecule has 0 aromatic carbocycles. The molecule has 13 heavy (non-hydrogen) atoms. The molecular weight excluding hydrogens is 174 g/mol. The lowest BCUT2D eigenvalue weighted by molar-refractivity contribution is -0.142. The lowest BCUT2D eigenvalue weighted by Crippen LogP contribution is -2.41. The van der Waals surface area contributed by atoms with Crippen molar-refractivity contribution in [2.45, 2.75) is 38.8 Å². The summed E-state index contributed by atoms with van der Waals surface area (Å²) in [5, 5.41) is 20.1. The second-order valence-corrected chi connectivity index (χ2v) is 2.89. The van der Waals surface area contributed by atoms with E-state index < -0.39 is 24.0 Å². The highest BCUT2D eigenvalue weighted by molar-refractivity contribution is 5.82. The molecule has 0 aliphatic carbocycles. The molecule has 0 aromatic rings. The molecule has 0 aliphatic rings. The normalized spacial score (nSPS) is 14.7. The van der Waals surface area contributed by atoms with Crippen molar-refractivity contribution >= 4 is 11.9 Å². The lowest BCUT2D eigenvalue weighted by atomic mass is 10.1. The number of carboxylic acid groups (broad SMARTS) is 1. The molecule has 1 amide bonds. The third kappa shape index (κ3) is 5.19. The van der Waals surface area contributed by atoms with Gasteiger partial charge in [-0.2, -0.15) is 0 Å². The van der Waals surface area contributed by atoms with Crippen molar-refractivity contribution in [3.8, 4) is 0 Å². The topological polar surface area (TPSA) is 86.6 Å². The minimum Gasteiger partial charge on any atom is -0.480 e. The highest BCUT2D eigenvalue weighted by Gasteiger charge is 2.20. The summed E-state index contributed by atoms with van der Waals surface area (Å²) in [6, 6.07) is -0.993. The van der Waals surface area contributed by atoms with E-state index in [-0.39, 0.29) is 6.42 Å². The Labute approximate surface area is 76.8 Å². The number of rotatable bonds is 5. The van der Waals surface area contributed by atoms with Gasteiger partial charge in [0.15, 0.2) is 0 Å². The van der Waals surface area contributed by atoms with Gasteiger partial charge in [0.05, 0.1) is 6.10 Å². The molecule has 0 bridgehead atoms. The fourth-order valence-corrected chi connectivity index (χ4v) is 0.906. The Morgan fingerprint density at radius 2 is 2.00 bits per heavy atom. The molecule has 0 heterocycles. The minimum atomic E-state index is -1.12. The first kappa shape index (κ1) is 11.9. The predicted octanol–water partition coefficient (Wildman–Crippen LogP) is -0.263. The molecule has 0 aliphatic heterocycles. The van der Waals surface area contributed by atoms with E-state index in [1.54, 1.807) is 6.92 Å². The van der Waals surface area contributed by atoms with Crippen LogP contribution >= 0.6 is 0 Å². The van der Waals surface area contributed by atoms with Crippen molar-refractivity contribution in [1.82, 2.24) is 5.32 Å². The number of aliphatic hydroxyl groups is 1. The van der Waals surface area contributed by atoms with E-state index in [0.29, 0.717) is 6.42 Å². The van der Waals surface area contributed by atoms with Crippen LogP contribution in [-0.2, 0) is 9.59 Å². The van der Waals surface area contributed by atoms with Crippen molar-refractivity contribution in [2.75, 3.05) is 0 Å². The average molecular weight is 189 g/mol. The number of carbonyl (C=O) groups excluding carboxylic acids is 1. The van der Waals surface area contributed by atoms with E-state index >= 15 is 0 Å². The van der Waals surface area contributed by atoms with E-state index in [1.165, 1.54) is 6.92 Å². The predicted molar refractivity (Wildman–Crippen MR) is 46.2 cm³/mol. The molecule has 5 nitrogen and oxygen atoms in total. The van der Waals surface area contributed by atoms with Gasteiger partial charge in [-0.05, 0) is 6.42 Å². The highest BCUT2D eigenvalue weighted by Crippen LogP contribution is 2.02. The Balaban J connectivity index is 4.10. The molecule has 3 N–H and O–H groups in total. The molecule has 0 rings (SSSR count). The van der Waals surface area contributed by atoms with Crippen molar-refractivity contribution in [3.05, 3.63) is 0 Å². The van der Waals surface area contributed by atoms with Crippen LogP contribution in [0.2, 0.25) is 0 Å². The first-order valence-electron chi connectivity index (χ1n) is 4.15. The summed E-state index contributed by atoms with van der Waals surface area (Å²) in [4.78, 5) is 21.1. The van der Waals surface area contributed by atoms with Gasteiger partial charge < -0.3 is 15.5 Å². The zero-order valence-electron chi connectivity index (χ0n) is 7.78. The molecule has 0 spiro atoms.